The van der Waals surface area contributed by atoms with E-state index in [0.29, 0.717) is 12.4 Å². The van der Waals surface area contributed by atoms with E-state index in [2.05, 4.69) is 43.8 Å². The average Bonchev–Trinajstić information content (AvgIpc) is 2.84. The fourth-order valence-corrected chi connectivity index (χ4v) is 2.67. The molecular formula is C18H19N3. The Labute approximate surface area is 124 Å². The van der Waals surface area contributed by atoms with E-state index in [9.17, 15) is 0 Å². The van der Waals surface area contributed by atoms with E-state index in [1.54, 1.807) is 0 Å². The highest BCUT2D eigenvalue weighted by Gasteiger charge is 2.14. The van der Waals surface area contributed by atoms with Crippen molar-refractivity contribution in [3.63, 3.8) is 0 Å². The van der Waals surface area contributed by atoms with Crippen molar-refractivity contribution in [2.45, 2.75) is 19.9 Å². The summed E-state index contributed by atoms with van der Waals surface area (Å²) in [7, 11) is 0. The van der Waals surface area contributed by atoms with Crippen LogP contribution in [0.2, 0.25) is 0 Å². The maximum atomic E-state index is 6.29. The van der Waals surface area contributed by atoms with Crippen molar-refractivity contribution in [2.75, 3.05) is 5.73 Å². The number of anilines is 1. The predicted octanol–water partition coefficient (Wildman–Crippen LogP) is 4.03. The Morgan fingerprint density at radius 1 is 1.19 bits per heavy atom. The Kier molecular flexibility index (Phi) is 3.48. The van der Waals surface area contributed by atoms with Crippen molar-refractivity contribution in [3.05, 3.63) is 60.9 Å². The Morgan fingerprint density at radius 3 is 2.67 bits per heavy atom. The van der Waals surface area contributed by atoms with Crippen LogP contribution in [0.15, 0.2) is 55.1 Å². The Morgan fingerprint density at radius 2 is 1.95 bits per heavy atom. The van der Waals surface area contributed by atoms with E-state index in [1.807, 2.05) is 22.8 Å². The monoisotopic (exact) mass is 277 g/mol. The molecule has 3 rings (SSSR count). The predicted molar refractivity (Wildman–Crippen MR) is 89.2 cm³/mol. The highest BCUT2D eigenvalue weighted by molar-refractivity contribution is 5.88. The highest BCUT2D eigenvalue weighted by atomic mass is 15.1. The smallest absolute Gasteiger partial charge is 0.132 e. The molecule has 1 aromatic heterocycles. The van der Waals surface area contributed by atoms with E-state index in [-0.39, 0.29) is 0 Å². The lowest BCUT2D eigenvalue weighted by molar-refractivity contribution is 0.757. The van der Waals surface area contributed by atoms with Gasteiger partial charge in [0.25, 0.3) is 0 Å². The zero-order valence-corrected chi connectivity index (χ0v) is 12.2. The van der Waals surface area contributed by atoms with E-state index >= 15 is 0 Å². The van der Waals surface area contributed by atoms with Crippen molar-refractivity contribution in [2.24, 2.45) is 0 Å². The SMILES string of the molecule is C=CCn1c(CC)nc(-c2ccc3ccccc3c2)c1N. The second kappa shape index (κ2) is 5.44. The van der Waals surface area contributed by atoms with Crippen molar-refractivity contribution >= 4 is 16.6 Å². The number of aromatic nitrogens is 2. The number of nitrogen functional groups attached to an aromatic ring is 1. The maximum absolute atomic E-state index is 6.29. The summed E-state index contributed by atoms with van der Waals surface area (Å²) >= 11 is 0. The standard InChI is InChI=1S/C18H19N3/c1-3-11-21-16(4-2)20-17(18(21)19)15-10-9-13-7-5-6-8-14(13)12-15/h3,5-10,12H,1,4,11,19H2,2H3. The molecule has 0 bridgehead atoms. The van der Waals surface area contributed by atoms with Gasteiger partial charge in [0.2, 0.25) is 0 Å². The summed E-state index contributed by atoms with van der Waals surface area (Å²) in [6.07, 6.45) is 2.70. The minimum atomic E-state index is 0.690. The van der Waals surface area contributed by atoms with Gasteiger partial charge in [0, 0.05) is 18.5 Å². The zero-order chi connectivity index (χ0) is 14.8. The molecule has 0 spiro atoms. The molecule has 0 saturated carbocycles. The molecule has 0 fully saturated rings. The highest BCUT2D eigenvalue weighted by Crippen LogP contribution is 2.29. The van der Waals surface area contributed by atoms with E-state index in [1.165, 1.54) is 10.8 Å². The van der Waals surface area contributed by atoms with Crippen LogP contribution in [0.1, 0.15) is 12.7 Å². The molecule has 0 radical (unpaired) electrons. The number of hydrogen-bond donors (Lipinski definition) is 1. The van der Waals surface area contributed by atoms with E-state index in [0.717, 1.165) is 23.5 Å². The van der Waals surface area contributed by atoms with Gasteiger partial charge in [-0.2, -0.15) is 0 Å². The second-order valence-corrected chi connectivity index (χ2v) is 5.08. The van der Waals surface area contributed by atoms with Gasteiger partial charge in [-0.15, -0.1) is 6.58 Å². The van der Waals surface area contributed by atoms with Crippen LogP contribution in [0.4, 0.5) is 5.82 Å². The lowest BCUT2D eigenvalue weighted by Crippen LogP contribution is -2.05. The van der Waals surface area contributed by atoms with Gasteiger partial charge in [-0.1, -0.05) is 49.4 Å². The number of benzene rings is 2. The van der Waals surface area contributed by atoms with Gasteiger partial charge < -0.3 is 10.3 Å². The number of allylic oxidation sites excluding steroid dienone is 1. The van der Waals surface area contributed by atoms with Crippen LogP contribution in [-0.4, -0.2) is 9.55 Å². The third kappa shape index (κ3) is 2.31. The fraction of sp³-hybridized carbons (Fsp3) is 0.167. The molecular weight excluding hydrogens is 258 g/mol. The molecule has 0 saturated heterocycles. The van der Waals surface area contributed by atoms with Crippen LogP contribution in [0.25, 0.3) is 22.0 Å². The van der Waals surface area contributed by atoms with Crippen LogP contribution in [0.5, 0.6) is 0 Å². The summed E-state index contributed by atoms with van der Waals surface area (Å²) in [5, 5.41) is 2.42. The van der Waals surface area contributed by atoms with Crippen LogP contribution >= 0.6 is 0 Å². The van der Waals surface area contributed by atoms with Crippen LogP contribution in [0, 0.1) is 0 Å². The summed E-state index contributed by atoms with van der Waals surface area (Å²) in [4.78, 5) is 4.71. The molecule has 3 heteroatoms. The molecule has 21 heavy (non-hydrogen) atoms. The normalized spacial score (nSPS) is 10.9. The molecule has 106 valence electrons. The van der Waals surface area contributed by atoms with Crippen LogP contribution < -0.4 is 5.73 Å². The summed E-state index contributed by atoms with van der Waals surface area (Å²) in [5.74, 6) is 1.71. The third-order valence-electron chi connectivity index (χ3n) is 3.74. The molecule has 2 N–H and O–H groups in total. The molecule has 3 nitrogen and oxygen atoms in total. The number of aryl methyl sites for hydroxylation is 1. The molecule has 0 aliphatic carbocycles. The van der Waals surface area contributed by atoms with E-state index < -0.39 is 0 Å². The van der Waals surface area contributed by atoms with Crippen molar-refractivity contribution < 1.29 is 0 Å². The number of fused-ring (bicyclic) bond motifs is 1. The number of nitrogens with two attached hydrogens (primary N) is 1. The molecule has 0 atom stereocenters. The summed E-state index contributed by atoms with van der Waals surface area (Å²) in [6, 6.07) is 14.6. The number of imidazole rings is 1. The van der Waals surface area contributed by atoms with E-state index in [4.69, 9.17) is 10.7 Å². The molecule has 0 aliphatic rings. The topological polar surface area (TPSA) is 43.8 Å². The molecule has 0 unspecified atom stereocenters. The van der Waals surface area contributed by atoms with Crippen molar-refractivity contribution in [1.82, 2.24) is 9.55 Å². The number of rotatable bonds is 4. The Balaban J connectivity index is 2.15. The summed E-state index contributed by atoms with van der Waals surface area (Å²) in [6.45, 7) is 6.57. The largest absolute Gasteiger partial charge is 0.383 e. The lowest BCUT2D eigenvalue weighted by atomic mass is 10.1. The van der Waals surface area contributed by atoms with Gasteiger partial charge in [-0.3, -0.25) is 0 Å². The summed E-state index contributed by atoms with van der Waals surface area (Å²) in [5.41, 5.74) is 8.21. The van der Waals surface area contributed by atoms with Crippen molar-refractivity contribution in [3.8, 4) is 11.3 Å². The number of hydrogen-bond acceptors (Lipinski definition) is 2. The molecule has 1 heterocycles. The Hall–Kier alpha value is -2.55. The fourth-order valence-electron chi connectivity index (χ4n) is 2.67. The molecule has 0 amide bonds. The minimum Gasteiger partial charge on any atom is -0.383 e. The van der Waals surface area contributed by atoms with Gasteiger partial charge in [-0.05, 0) is 16.8 Å². The molecule has 0 aliphatic heterocycles. The third-order valence-corrected chi connectivity index (χ3v) is 3.74. The average molecular weight is 277 g/mol. The minimum absolute atomic E-state index is 0.690. The summed E-state index contributed by atoms with van der Waals surface area (Å²) < 4.78 is 2.03. The van der Waals surface area contributed by atoms with Gasteiger partial charge in [-0.25, -0.2) is 4.98 Å². The first-order valence-electron chi connectivity index (χ1n) is 7.19. The van der Waals surface area contributed by atoms with Gasteiger partial charge in [0.15, 0.2) is 0 Å². The van der Waals surface area contributed by atoms with Crippen LogP contribution in [-0.2, 0) is 13.0 Å². The van der Waals surface area contributed by atoms with Gasteiger partial charge in [0.1, 0.15) is 17.3 Å². The molecule has 2 aromatic carbocycles. The zero-order valence-electron chi connectivity index (χ0n) is 12.2. The first kappa shape index (κ1) is 13.4. The first-order chi connectivity index (χ1) is 10.2. The Bertz CT molecular complexity index is 799. The van der Waals surface area contributed by atoms with Gasteiger partial charge >= 0.3 is 0 Å². The number of nitrogens with zero attached hydrogens (tertiary/aromatic N) is 2. The maximum Gasteiger partial charge on any atom is 0.132 e. The quantitative estimate of drug-likeness (QED) is 0.732. The van der Waals surface area contributed by atoms with Crippen molar-refractivity contribution in [1.29, 1.82) is 0 Å². The second-order valence-electron chi connectivity index (χ2n) is 5.08. The van der Waals surface area contributed by atoms with Gasteiger partial charge in [0.05, 0.1) is 0 Å². The molecule has 3 aromatic rings. The van der Waals surface area contributed by atoms with Crippen LogP contribution in [0.3, 0.4) is 0 Å². The lowest BCUT2D eigenvalue weighted by Gasteiger charge is -2.05. The first-order valence-corrected chi connectivity index (χ1v) is 7.19.